The van der Waals surface area contributed by atoms with Crippen molar-refractivity contribution in [2.75, 3.05) is 20.6 Å². The van der Waals surface area contributed by atoms with Gasteiger partial charge in [0.15, 0.2) is 5.82 Å². The van der Waals surface area contributed by atoms with Crippen LogP contribution in [0.4, 0.5) is 0 Å². The van der Waals surface area contributed by atoms with Gasteiger partial charge in [-0.15, -0.1) is 0 Å². The van der Waals surface area contributed by atoms with Crippen LogP contribution in [-0.2, 0) is 0 Å². The Labute approximate surface area is 117 Å². The van der Waals surface area contributed by atoms with Gasteiger partial charge in [0.05, 0.1) is 6.04 Å². The Morgan fingerprint density at radius 3 is 2.79 bits per heavy atom. The van der Waals surface area contributed by atoms with E-state index in [0.29, 0.717) is 23.3 Å². The van der Waals surface area contributed by atoms with Gasteiger partial charge in [-0.05, 0) is 44.8 Å². The Bertz CT molecular complexity index is 568. The normalized spacial score (nSPS) is 12.9. The van der Waals surface area contributed by atoms with Crippen LogP contribution < -0.4 is 5.73 Å². The highest BCUT2D eigenvalue weighted by molar-refractivity contribution is 6.31. The van der Waals surface area contributed by atoms with Gasteiger partial charge >= 0.3 is 0 Å². The van der Waals surface area contributed by atoms with Crippen molar-refractivity contribution < 1.29 is 4.52 Å². The zero-order valence-corrected chi connectivity index (χ0v) is 12.0. The number of rotatable bonds is 4. The molecule has 2 N–H and O–H groups in total. The average Bonchev–Trinajstić information content (AvgIpc) is 2.81. The number of hydrogen-bond donors (Lipinski definition) is 1. The molecule has 1 aromatic carbocycles. The van der Waals surface area contributed by atoms with Crippen molar-refractivity contribution in [2.24, 2.45) is 5.73 Å². The van der Waals surface area contributed by atoms with E-state index in [4.69, 9.17) is 21.9 Å². The molecule has 0 saturated carbocycles. The van der Waals surface area contributed by atoms with E-state index in [-0.39, 0.29) is 6.04 Å². The van der Waals surface area contributed by atoms with Crippen LogP contribution in [0.2, 0.25) is 5.02 Å². The largest absolute Gasteiger partial charge is 0.334 e. The summed E-state index contributed by atoms with van der Waals surface area (Å²) in [5.74, 6) is 0.972. The summed E-state index contributed by atoms with van der Waals surface area (Å²) in [6.45, 7) is 2.60. The Morgan fingerprint density at radius 2 is 2.16 bits per heavy atom. The van der Waals surface area contributed by atoms with Gasteiger partial charge < -0.3 is 15.2 Å². The molecule has 5 nitrogen and oxygen atoms in total. The Morgan fingerprint density at radius 1 is 1.42 bits per heavy atom. The fourth-order valence-electron chi connectivity index (χ4n) is 1.76. The molecule has 1 aromatic heterocycles. The maximum absolute atomic E-state index is 5.99. The van der Waals surface area contributed by atoms with Crippen molar-refractivity contribution in [2.45, 2.75) is 13.0 Å². The van der Waals surface area contributed by atoms with Crippen molar-refractivity contribution in [3.63, 3.8) is 0 Å². The third kappa shape index (κ3) is 3.32. The van der Waals surface area contributed by atoms with Crippen LogP contribution in [0, 0.1) is 6.92 Å². The minimum absolute atomic E-state index is 0.263. The van der Waals surface area contributed by atoms with Gasteiger partial charge in [0.25, 0.3) is 5.89 Å². The monoisotopic (exact) mass is 280 g/mol. The fourth-order valence-corrected chi connectivity index (χ4v) is 1.87. The van der Waals surface area contributed by atoms with Gasteiger partial charge in [-0.3, -0.25) is 0 Å². The fraction of sp³-hybridized carbons (Fsp3) is 0.385. The summed E-state index contributed by atoms with van der Waals surface area (Å²) in [4.78, 5) is 6.31. The standard InChI is InChI=1S/C13H17ClN4O/c1-8-6-9(4-5-10(8)14)13-16-12(17-19-13)11(15)7-18(2)3/h4-6,11H,7,15H2,1-3H3. The lowest BCUT2D eigenvalue weighted by Crippen LogP contribution is -2.26. The molecule has 0 aliphatic carbocycles. The molecule has 102 valence electrons. The molecule has 6 heteroatoms. The summed E-state index contributed by atoms with van der Waals surface area (Å²) in [5, 5.41) is 4.64. The van der Waals surface area contributed by atoms with Crippen molar-refractivity contribution in [3.05, 3.63) is 34.6 Å². The predicted molar refractivity (Wildman–Crippen MR) is 75.0 cm³/mol. The second-order valence-electron chi connectivity index (χ2n) is 4.79. The van der Waals surface area contributed by atoms with Crippen LogP contribution in [-0.4, -0.2) is 35.7 Å². The Hall–Kier alpha value is -1.43. The number of nitrogens with zero attached hydrogens (tertiary/aromatic N) is 3. The first kappa shape index (κ1) is 14.0. The maximum atomic E-state index is 5.99. The minimum Gasteiger partial charge on any atom is -0.334 e. The molecule has 0 amide bonds. The molecular formula is C13H17ClN4O. The van der Waals surface area contributed by atoms with Crippen molar-refractivity contribution in [1.29, 1.82) is 0 Å². The first-order valence-electron chi connectivity index (χ1n) is 5.98. The average molecular weight is 281 g/mol. The second kappa shape index (κ2) is 5.69. The number of benzene rings is 1. The lowest BCUT2D eigenvalue weighted by Gasteiger charge is -2.12. The zero-order chi connectivity index (χ0) is 14.0. The molecule has 1 unspecified atom stereocenters. The molecule has 0 radical (unpaired) electrons. The molecule has 19 heavy (non-hydrogen) atoms. The van der Waals surface area contributed by atoms with Crippen LogP contribution in [0.15, 0.2) is 22.7 Å². The lowest BCUT2D eigenvalue weighted by molar-refractivity contribution is 0.357. The summed E-state index contributed by atoms with van der Waals surface area (Å²) in [5.41, 5.74) is 7.81. The number of aromatic nitrogens is 2. The minimum atomic E-state index is -0.263. The van der Waals surface area contributed by atoms with E-state index >= 15 is 0 Å². The molecule has 0 fully saturated rings. The molecule has 0 aliphatic heterocycles. The second-order valence-corrected chi connectivity index (χ2v) is 5.20. The van der Waals surface area contributed by atoms with Gasteiger partial charge in [0, 0.05) is 17.1 Å². The number of aryl methyl sites for hydroxylation is 1. The molecule has 2 rings (SSSR count). The lowest BCUT2D eigenvalue weighted by atomic mass is 10.1. The first-order chi connectivity index (χ1) is 8.97. The van der Waals surface area contributed by atoms with Crippen molar-refractivity contribution in [1.82, 2.24) is 15.0 Å². The van der Waals surface area contributed by atoms with E-state index in [9.17, 15) is 0 Å². The molecule has 0 bridgehead atoms. The van der Waals surface area contributed by atoms with Crippen molar-refractivity contribution in [3.8, 4) is 11.5 Å². The first-order valence-corrected chi connectivity index (χ1v) is 6.35. The third-order valence-electron chi connectivity index (χ3n) is 2.74. The van der Waals surface area contributed by atoms with Crippen LogP contribution in [0.5, 0.6) is 0 Å². The van der Waals surface area contributed by atoms with E-state index < -0.39 is 0 Å². The SMILES string of the molecule is Cc1cc(-c2nc(C(N)CN(C)C)no2)ccc1Cl. The molecule has 1 atom stereocenters. The van der Waals surface area contributed by atoms with Crippen LogP contribution in [0.25, 0.3) is 11.5 Å². The molecule has 2 aromatic rings. The van der Waals surface area contributed by atoms with E-state index in [2.05, 4.69) is 10.1 Å². The van der Waals surface area contributed by atoms with E-state index in [1.807, 2.05) is 44.1 Å². The topological polar surface area (TPSA) is 68.2 Å². The van der Waals surface area contributed by atoms with E-state index in [1.165, 1.54) is 0 Å². The molecular weight excluding hydrogens is 264 g/mol. The van der Waals surface area contributed by atoms with Crippen LogP contribution in [0.3, 0.4) is 0 Å². The molecule has 1 heterocycles. The number of likely N-dealkylation sites (N-methyl/N-ethyl adjacent to an activating group) is 1. The highest BCUT2D eigenvalue weighted by Crippen LogP contribution is 2.24. The highest BCUT2D eigenvalue weighted by atomic mass is 35.5. The van der Waals surface area contributed by atoms with Crippen molar-refractivity contribution >= 4 is 11.6 Å². The van der Waals surface area contributed by atoms with Gasteiger partial charge in [0.2, 0.25) is 0 Å². The quantitative estimate of drug-likeness (QED) is 0.930. The molecule has 0 spiro atoms. The van der Waals surface area contributed by atoms with E-state index in [1.54, 1.807) is 0 Å². The molecule has 0 aliphatic rings. The van der Waals surface area contributed by atoms with E-state index in [0.717, 1.165) is 11.1 Å². The van der Waals surface area contributed by atoms with Gasteiger partial charge in [-0.2, -0.15) is 4.98 Å². The van der Waals surface area contributed by atoms with Gasteiger partial charge in [-0.1, -0.05) is 16.8 Å². The summed E-state index contributed by atoms with van der Waals surface area (Å²) in [6.07, 6.45) is 0. The third-order valence-corrected chi connectivity index (χ3v) is 3.16. The molecule has 0 saturated heterocycles. The summed E-state index contributed by atoms with van der Waals surface area (Å²) < 4.78 is 5.25. The predicted octanol–water partition coefficient (Wildman–Crippen LogP) is 2.26. The van der Waals surface area contributed by atoms with Gasteiger partial charge in [-0.25, -0.2) is 0 Å². The summed E-state index contributed by atoms with van der Waals surface area (Å²) >= 11 is 5.99. The smallest absolute Gasteiger partial charge is 0.257 e. The maximum Gasteiger partial charge on any atom is 0.257 e. The van der Waals surface area contributed by atoms with Crippen LogP contribution >= 0.6 is 11.6 Å². The number of hydrogen-bond acceptors (Lipinski definition) is 5. The Kier molecular flexibility index (Phi) is 4.19. The Balaban J connectivity index is 2.22. The number of halogens is 1. The highest BCUT2D eigenvalue weighted by Gasteiger charge is 2.16. The van der Waals surface area contributed by atoms with Gasteiger partial charge in [0.1, 0.15) is 0 Å². The van der Waals surface area contributed by atoms with Crippen LogP contribution in [0.1, 0.15) is 17.4 Å². The summed E-state index contributed by atoms with van der Waals surface area (Å²) in [7, 11) is 3.90. The zero-order valence-electron chi connectivity index (χ0n) is 11.2. The number of nitrogens with two attached hydrogens (primary N) is 1. The summed E-state index contributed by atoms with van der Waals surface area (Å²) in [6, 6.07) is 5.32.